The molecule has 0 saturated carbocycles. The lowest BCUT2D eigenvalue weighted by atomic mass is 10.1. The number of nitrogens with zero attached hydrogens (tertiary/aromatic N) is 5. The molecule has 32 heavy (non-hydrogen) atoms. The first-order valence-corrected chi connectivity index (χ1v) is 11.6. The molecule has 0 amide bonds. The van der Waals surface area contributed by atoms with Crippen LogP contribution in [-0.4, -0.2) is 21.9 Å². The van der Waals surface area contributed by atoms with Crippen LogP contribution in [0.15, 0.2) is 65.0 Å². The zero-order chi connectivity index (χ0) is 21.9. The Labute approximate surface area is 191 Å². The number of allylic oxidation sites excluding steroid dienone is 1. The number of thioether (sulfide) groups is 1. The van der Waals surface area contributed by atoms with Gasteiger partial charge < -0.3 is 14.2 Å². The van der Waals surface area contributed by atoms with E-state index in [-0.39, 0.29) is 0 Å². The average Bonchev–Trinajstić information content (AvgIpc) is 3.38. The Bertz CT molecular complexity index is 1220. The summed E-state index contributed by atoms with van der Waals surface area (Å²) in [5.74, 6) is 2.45. The number of methoxy groups -OCH3 is 1. The van der Waals surface area contributed by atoms with Crippen molar-refractivity contribution in [3.8, 4) is 11.8 Å². The van der Waals surface area contributed by atoms with Crippen molar-refractivity contribution in [1.82, 2.24) is 14.8 Å². The number of para-hydroxylation sites is 1. The topological polar surface area (TPSA) is 67.0 Å². The van der Waals surface area contributed by atoms with Gasteiger partial charge in [0.2, 0.25) is 0 Å². The quantitative estimate of drug-likeness (QED) is 0.501. The number of aryl methyl sites for hydroxylation is 1. The van der Waals surface area contributed by atoms with Gasteiger partial charge in [0.05, 0.1) is 12.8 Å². The Hall–Kier alpha value is -3.50. The van der Waals surface area contributed by atoms with Gasteiger partial charge in [-0.25, -0.2) is 0 Å². The fraction of sp³-hybridized carbons (Fsp3) is 0.240. The summed E-state index contributed by atoms with van der Waals surface area (Å²) in [7, 11) is 1.66. The van der Waals surface area contributed by atoms with Crippen molar-refractivity contribution in [2.45, 2.75) is 32.2 Å². The molecule has 1 aromatic heterocycles. The summed E-state index contributed by atoms with van der Waals surface area (Å²) >= 11 is 1.55. The maximum Gasteiger partial charge on any atom is 0.177 e. The lowest BCUT2D eigenvalue weighted by Gasteiger charge is -2.25. The summed E-state index contributed by atoms with van der Waals surface area (Å²) in [6.45, 7) is 0.852. The molecule has 3 heterocycles. The van der Waals surface area contributed by atoms with Crippen molar-refractivity contribution in [2.24, 2.45) is 0 Å². The van der Waals surface area contributed by atoms with E-state index in [1.807, 2.05) is 42.5 Å². The van der Waals surface area contributed by atoms with Crippen molar-refractivity contribution in [3.05, 3.63) is 82.2 Å². The highest BCUT2D eigenvalue weighted by Crippen LogP contribution is 2.46. The Kier molecular flexibility index (Phi) is 5.70. The van der Waals surface area contributed by atoms with Crippen LogP contribution in [0.1, 0.15) is 36.5 Å². The summed E-state index contributed by atoms with van der Waals surface area (Å²) < 4.78 is 7.46. The number of benzene rings is 2. The number of hydrogen-bond donors (Lipinski definition) is 0. The van der Waals surface area contributed by atoms with Crippen LogP contribution in [0.5, 0.6) is 5.75 Å². The second-order valence-electron chi connectivity index (χ2n) is 7.71. The molecular formula is C25H23N5OS. The summed E-state index contributed by atoms with van der Waals surface area (Å²) in [5, 5.41) is 22.1. The minimum absolute atomic E-state index is 0.555. The van der Waals surface area contributed by atoms with Crippen LogP contribution in [-0.2, 0) is 13.0 Å². The Balaban J connectivity index is 1.63. The van der Waals surface area contributed by atoms with Crippen LogP contribution in [0.4, 0.5) is 5.69 Å². The standard InChI is InChI=1S/C25H23N5OS/c1-31-20-13-11-18(12-14-20)22-17-32-25(30(22)19-8-4-2-5-9-19)21(16-26)24-28-27-23-10-6-3-7-15-29(23)24/h2,4-5,8-9,11-14,17H,3,6-7,10,15H2,1H3/b25-21-. The number of nitriles is 1. The monoisotopic (exact) mass is 441 g/mol. The maximum atomic E-state index is 10.3. The van der Waals surface area contributed by atoms with E-state index in [0.29, 0.717) is 11.4 Å². The molecule has 6 nitrogen and oxygen atoms in total. The Morgan fingerprint density at radius 3 is 2.59 bits per heavy atom. The highest BCUT2D eigenvalue weighted by atomic mass is 32.2. The lowest BCUT2D eigenvalue weighted by Crippen LogP contribution is -2.18. The molecule has 2 aliphatic rings. The largest absolute Gasteiger partial charge is 0.497 e. The van der Waals surface area contributed by atoms with E-state index in [1.165, 1.54) is 6.42 Å². The molecule has 160 valence electrons. The summed E-state index contributed by atoms with van der Waals surface area (Å²) in [6, 6.07) is 20.6. The van der Waals surface area contributed by atoms with Gasteiger partial charge in [0.1, 0.15) is 28.2 Å². The molecule has 0 N–H and O–H groups in total. The predicted octanol–water partition coefficient (Wildman–Crippen LogP) is 5.46. The van der Waals surface area contributed by atoms with Crippen molar-refractivity contribution in [1.29, 1.82) is 5.26 Å². The number of anilines is 1. The number of rotatable bonds is 4. The normalized spacial score (nSPS) is 17.2. The zero-order valence-electron chi connectivity index (χ0n) is 17.9. The molecule has 0 saturated heterocycles. The SMILES string of the molecule is COc1ccc(C2=CS/C(=C(/C#N)c3nnc4n3CCCCC4)N2c2ccccc2)cc1. The first kappa shape index (κ1) is 20.4. The second-order valence-corrected chi connectivity index (χ2v) is 8.57. The molecule has 2 aromatic carbocycles. The fourth-order valence-corrected chi connectivity index (χ4v) is 5.18. The van der Waals surface area contributed by atoms with Gasteiger partial charge in [0.15, 0.2) is 5.82 Å². The third-order valence-electron chi connectivity index (χ3n) is 5.79. The first-order valence-electron chi connectivity index (χ1n) is 10.7. The highest BCUT2D eigenvalue weighted by molar-refractivity contribution is 8.06. The van der Waals surface area contributed by atoms with Crippen molar-refractivity contribution < 1.29 is 4.74 Å². The minimum Gasteiger partial charge on any atom is -0.497 e. The van der Waals surface area contributed by atoms with Gasteiger partial charge in [0, 0.05) is 24.1 Å². The van der Waals surface area contributed by atoms with Crippen LogP contribution in [0.3, 0.4) is 0 Å². The lowest BCUT2D eigenvalue weighted by molar-refractivity contribution is 0.415. The number of hydrogen-bond acceptors (Lipinski definition) is 6. The van der Waals surface area contributed by atoms with Crippen LogP contribution in [0.25, 0.3) is 11.3 Å². The van der Waals surface area contributed by atoms with Gasteiger partial charge in [-0.15, -0.1) is 10.2 Å². The van der Waals surface area contributed by atoms with Crippen LogP contribution in [0.2, 0.25) is 0 Å². The smallest absolute Gasteiger partial charge is 0.177 e. The molecule has 0 unspecified atom stereocenters. The summed E-state index contributed by atoms with van der Waals surface area (Å²) in [6.07, 6.45) is 4.28. The summed E-state index contributed by atoms with van der Waals surface area (Å²) in [5.41, 5.74) is 3.62. The molecule has 7 heteroatoms. The number of fused-ring (bicyclic) bond motifs is 1. The first-order chi connectivity index (χ1) is 15.8. The zero-order valence-corrected chi connectivity index (χ0v) is 18.7. The van der Waals surface area contributed by atoms with Gasteiger partial charge in [0.25, 0.3) is 0 Å². The van der Waals surface area contributed by atoms with Crippen LogP contribution in [0, 0.1) is 11.3 Å². The van der Waals surface area contributed by atoms with Gasteiger partial charge in [-0.1, -0.05) is 36.4 Å². The fourth-order valence-electron chi connectivity index (χ4n) is 4.15. The third kappa shape index (κ3) is 3.67. The molecule has 0 spiro atoms. The molecule has 0 bridgehead atoms. The van der Waals surface area contributed by atoms with Crippen molar-refractivity contribution in [2.75, 3.05) is 12.0 Å². The van der Waals surface area contributed by atoms with E-state index in [2.05, 4.69) is 43.3 Å². The number of aromatic nitrogens is 3. The van der Waals surface area contributed by atoms with Gasteiger partial charge in [-0.2, -0.15) is 5.26 Å². The highest BCUT2D eigenvalue weighted by Gasteiger charge is 2.30. The third-order valence-corrected chi connectivity index (χ3v) is 6.74. The van der Waals surface area contributed by atoms with Gasteiger partial charge in [-0.3, -0.25) is 0 Å². The van der Waals surface area contributed by atoms with Crippen molar-refractivity contribution >= 4 is 28.7 Å². The van der Waals surface area contributed by atoms with E-state index in [1.54, 1.807) is 18.9 Å². The summed E-state index contributed by atoms with van der Waals surface area (Å²) in [4.78, 5) is 2.14. The Morgan fingerprint density at radius 1 is 1.03 bits per heavy atom. The molecule has 3 aromatic rings. The van der Waals surface area contributed by atoms with E-state index in [0.717, 1.165) is 59.4 Å². The van der Waals surface area contributed by atoms with E-state index < -0.39 is 0 Å². The van der Waals surface area contributed by atoms with E-state index in [4.69, 9.17) is 4.74 Å². The molecule has 5 rings (SSSR count). The van der Waals surface area contributed by atoms with E-state index in [9.17, 15) is 5.26 Å². The molecular weight excluding hydrogens is 418 g/mol. The molecule has 2 aliphatic heterocycles. The molecule has 0 atom stereocenters. The number of ether oxygens (including phenoxy) is 1. The van der Waals surface area contributed by atoms with Crippen LogP contribution < -0.4 is 9.64 Å². The van der Waals surface area contributed by atoms with E-state index >= 15 is 0 Å². The van der Waals surface area contributed by atoms with Crippen molar-refractivity contribution in [3.63, 3.8) is 0 Å². The average molecular weight is 442 g/mol. The molecule has 0 fully saturated rings. The molecule has 0 aliphatic carbocycles. The van der Waals surface area contributed by atoms with Gasteiger partial charge in [-0.05, 0) is 54.8 Å². The predicted molar refractivity (Wildman–Crippen MR) is 128 cm³/mol. The maximum absolute atomic E-state index is 10.3. The second kappa shape index (κ2) is 8.93. The van der Waals surface area contributed by atoms with Crippen LogP contribution >= 0.6 is 11.8 Å². The van der Waals surface area contributed by atoms with Gasteiger partial charge >= 0.3 is 0 Å². The Morgan fingerprint density at radius 2 is 1.84 bits per heavy atom. The minimum atomic E-state index is 0.555. The molecule has 0 radical (unpaired) electrons.